The monoisotopic (exact) mass is 256 g/mol. The normalized spacial score (nSPS) is 10.7. The van der Waals surface area contributed by atoms with Crippen LogP contribution in [0.15, 0.2) is 34.2 Å². The largest absolute Gasteiger partial charge is 0.449 e. The van der Waals surface area contributed by atoms with Gasteiger partial charge in [0.25, 0.3) is 0 Å². The van der Waals surface area contributed by atoms with E-state index in [9.17, 15) is 4.79 Å². The van der Waals surface area contributed by atoms with E-state index in [1.165, 1.54) is 11.8 Å². The summed E-state index contributed by atoms with van der Waals surface area (Å²) in [6.07, 6.45) is 1.93. The van der Waals surface area contributed by atoms with Gasteiger partial charge in [0.1, 0.15) is 12.7 Å². The molecule has 0 fully saturated rings. The number of rotatable bonds is 2. The lowest BCUT2D eigenvalue weighted by Crippen LogP contribution is -2.33. The van der Waals surface area contributed by atoms with E-state index >= 15 is 0 Å². The fourth-order valence-corrected chi connectivity index (χ4v) is 2.34. The van der Waals surface area contributed by atoms with Gasteiger partial charge in [-0.15, -0.1) is 9.25 Å². The Bertz CT molecular complexity index is 558. The van der Waals surface area contributed by atoms with Gasteiger partial charge in [-0.2, -0.15) is 5.10 Å². The smallest absolute Gasteiger partial charge is 0.216 e. The van der Waals surface area contributed by atoms with E-state index in [1.54, 1.807) is 28.4 Å². The lowest BCUT2D eigenvalue weighted by atomic mass is 10.3. The molecule has 2 aromatic rings. The Morgan fingerprint density at radius 3 is 2.56 bits per heavy atom. The Morgan fingerprint density at radius 1 is 1.38 bits per heavy atom. The maximum absolute atomic E-state index is 11.7. The average Bonchev–Trinajstić information content (AvgIpc) is 2.54. The second-order valence-electron chi connectivity index (χ2n) is 3.27. The third-order valence-corrected chi connectivity index (χ3v) is 3.29. The minimum atomic E-state index is -0.158. The number of nitrogens with one attached hydrogen (secondary N) is 1. The van der Waals surface area contributed by atoms with Crippen LogP contribution in [-0.4, -0.2) is 15.9 Å². The number of H-pyrrole nitrogens is 1. The van der Waals surface area contributed by atoms with Crippen molar-refractivity contribution in [2.24, 2.45) is 7.05 Å². The van der Waals surface area contributed by atoms with Crippen molar-refractivity contribution in [3.8, 4) is 5.69 Å². The van der Waals surface area contributed by atoms with Crippen LogP contribution in [0.1, 0.15) is 0 Å². The number of aryl methyl sites for hydroxylation is 1. The Labute approximate surface area is 102 Å². The highest BCUT2D eigenvalue weighted by molar-refractivity contribution is 7.98. The number of halogens is 1. The van der Waals surface area contributed by atoms with E-state index < -0.39 is 0 Å². The van der Waals surface area contributed by atoms with Crippen LogP contribution in [0.25, 0.3) is 5.69 Å². The Morgan fingerprint density at radius 2 is 2.00 bits per heavy atom. The summed E-state index contributed by atoms with van der Waals surface area (Å²) in [5, 5.41) is 4.21. The highest BCUT2D eigenvalue weighted by Crippen LogP contribution is 2.16. The SMILES string of the molecule is CSc1n(-c2ccc(Cl)cc2)c(=O)[nH][n+]1C. The van der Waals surface area contributed by atoms with E-state index in [1.807, 2.05) is 18.4 Å². The lowest BCUT2D eigenvalue weighted by molar-refractivity contribution is -0.764. The highest BCUT2D eigenvalue weighted by atomic mass is 35.5. The van der Waals surface area contributed by atoms with Crippen LogP contribution in [0.5, 0.6) is 0 Å². The summed E-state index contributed by atoms with van der Waals surface area (Å²) in [6.45, 7) is 0. The van der Waals surface area contributed by atoms with Crippen molar-refractivity contribution in [2.75, 3.05) is 6.26 Å². The molecule has 0 saturated carbocycles. The standard InChI is InChI=1S/C10H10ClN3OS/c1-13-10(16-2)14(9(15)12-13)8-5-3-7(11)4-6-8/h3-6H,1-2H3/p+1. The van der Waals surface area contributed by atoms with Crippen LogP contribution in [0.2, 0.25) is 5.02 Å². The molecule has 1 aromatic carbocycles. The summed E-state index contributed by atoms with van der Waals surface area (Å²) in [4.78, 5) is 11.7. The molecule has 16 heavy (non-hydrogen) atoms. The second-order valence-corrected chi connectivity index (χ2v) is 4.48. The maximum Gasteiger partial charge on any atom is 0.449 e. The Kier molecular flexibility index (Phi) is 3.07. The third kappa shape index (κ3) is 1.88. The van der Waals surface area contributed by atoms with E-state index in [4.69, 9.17) is 11.6 Å². The molecular formula is C10H11ClN3OS+. The van der Waals surface area contributed by atoms with Crippen molar-refractivity contribution in [1.82, 2.24) is 9.67 Å². The minimum absolute atomic E-state index is 0.158. The molecule has 0 aliphatic rings. The maximum atomic E-state index is 11.7. The molecule has 4 nitrogen and oxygen atoms in total. The van der Waals surface area contributed by atoms with E-state index in [0.29, 0.717) is 5.02 Å². The average molecular weight is 257 g/mol. The zero-order chi connectivity index (χ0) is 11.7. The molecule has 0 bridgehead atoms. The zero-order valence-electron chi connectivity index (χ0n) is 8.90. The van der Waals surface area contributed by atoms with Gasteiger partial charge in [-0.25, -0.2) is 4.79 Å². The van der Waals surface area contributed by atoms with Crippen LogP contribution in [-0.2, 0) is 7.05 Å². The van der Waals surface area contributed by atoms with Crippen LogP contribution in [0, 0.1) is 0 Å². The van der Waals surface area contributed by atoms with Crippen LogP contribution >= 0.6 is 23.4 Å². The van der Waals surface area contributed by atoms with Gasteiger partial charge < -0.3 is 0 Å². The molecule has 1 N–H and O–H groups in total. The van der Waals surface area contributed by atoms with Gasteiger partial charge in [-0.05, 0) is 42.3 Å². The first-order valence-corrected chi connectivity index (χ1v) is 6.24. The highest BCUT2D eigenvalue weighted by Gasteiger charge is 2.20. The molecular weight excluding hydrogens is 246 g/mol. The first kappa shape index (κ1) is 11.3. The molecule has 0 aliphatic heterocycles. The summed E-state index contributed by atoms with van der Waals surface area (Å²) in [5.74, 6) is 0. The topological polar surface area (TPSA) is 41.7 Å². The summed E-state index contributed by atoms with van der Waals surface area (Å²) in [7, 11) is 1.81. The van der Waals surface area contributed by atoms with Gasteiger partial charge in [0.2, 0.25) is 0 Å². The molecule has 0 radical (unpaired) electrons. The van der Waals surface area contributed by atoms with Crippen molar-refractivity contribution in [3.63, 3.8) is 0 Å². The van der Waals surface area contributed by atoms with E-state index in [0.717, 1.165) is 10.8 Å². The zero-order valence-corrected chi connectivity index (χ0v) is 10.5. The van der Waals surface area contributed by atoms with E-state index in [-0.39, 0.29) is 5.69 Å². The summed E-state index contributed by atoms with van der Waals surface area (Å²) in [6, 6.07) is 7.16. The van der Waals surface area contributed by atoms with Gasteiger partial charge in [0.05, 0.1) is 0 Å². The minimum Gasteiger partial charge on any atom is -0.216 e. The van der Waals surface area contributed by atoms with Crippen molar-refractivity contribution in [1.29, 1.82) is 0 Å². The predicted octanol–water partition coefficient (Wildman–Crippen LogP) is 1.37. The summed E-state index contributed by atoms with van der Waals surface area (Å²) >= 11 is 7.32. The van der Waals surface area contributed by atoms with Gasteiger partial charge in [0, 0.05) is 5.02 Å². The van der Waals surface area contributed by atoms with Crippen molar-refractivity contribution >= 4 is 23.4 Å². The molecule has 0 amide bonds. The number of benzene rings is 1. The van der Waals surface area contributed by atoms with Crippen LogP contribution < -0.4 is 10.4 Å². The predicted molar refractivity (Wildman–Crippen MR) is 64.4 cm³/mol. The molecule has 1 heterocycles. The number of aromatic amines is 1. The summed E-state index contributed by atoms with van der Waals surface area (Å²) < 4.78 is 3.31. The van der Waals surface area contributed by atoms with Gasteiger partial charge in [0.15, 0.2) is 0 Å². The Hall–Kier alpha value is -1.20. The molecule has 6 heteroatoms. The quantitative estimate of drug-likeness (QED) is 0.651. The van der Waals surface area contributed by atoms with Crippen LogP contribution in [0.4, 0.5) is 0 Å². The van der Waals surface area contributed by atoms with Gasteiger partial charge >= 0.3 is 10.8 Å². The van der Waals surface area contributed by atoms with Crippen molar-refractivity contribution in [2.45, 2.75) is 5.16 Å². The number of hydrogen-bond acceptors (Lipinski definition) is 2. The van der Waals surface area contributed by atoms with Crippen LogP contribution in [0.3, 0.4) is 0 Å². The number of hydrogen-bond donors (Lipinski definition) is 1. The molecule has 84 valence electrons. The molecule has 0 saturated heterocycles. The first-order chi connectivity index (χ1) is 7.63. The fourth-order valence-electron chi connectivity index (χ4n) is 1.52. The van der Waals surface area contributed by atoms with Crippen molar-refractivity contribution in [3.05, 3.63) is 39.8 Å². The second kappa shape index (κ2) is 4.35. The number of nitrogens with zero attached hydrogens (tertiary/aromatic N) is 2. The van der Waals surface area contributed by atoms with E-state index in [2.05, 4.69) is 5.10 Å². The number of aromatic nitrogens is 3. The molecule has 0 atom stereocenters. The number of thioether (sulfide) groups is 1. The van der Waals surface area contributed by atoms with Gasteiger partial charge in [-0.1, -0.05) is 11.6 Å². The molecule has 1 aromatic heterocycles. The third-order valence-electron chi connectivity index (χ3n) is 2.21. The van der Waals surface area contributed by atoms with Gasteiger partial charge in [-0.3, -0.25) is 0 Å². The lowest BCUT2D eigenvalue weighted by Gasteiger charge is -1.97. The Balaban J connectivity index is 2.63. The first-order valence-electron chi connectivity index (χ1n) is 4.64. The fraction of sp³-hybridized carbons (Fsp3) is 0.200. The molecule has 2 rings (SSSR count). The molecule has 0 aliphatic carbocycles. The van der Waals surface area contributed by atoms with Crippen molar-refractivity contribution < 1.29 is 4.68 Å². The summed E-state index contributed by atoms with van der Waals surface area (Å²) in [5.41, 5.74) is 0.643. The molecule has 0 spiro atoms. The molecule has 0 unspecified atom stereocenters.